The Bertz CT molecular complexity index is 1930. The molecule has 218 valence electrons. The van der Waals surface area contributed by atoms with Crippen LogP contribution in [0, 0.1) is 6.92 Å². The molecule has 1 amide bonds. The largest absolute Gasteiger partial charge is 0.487 e. The maximum atomic E-state index is 12.0. The molecule has 0 fully saturated rings. The third-order valence-corrected chi connectivity index (χ3v) is 8.26. The van der Waals surface area contributed by atoms with Crippen molar-refractivity contribution in [1.29, 1.82) is 0 Å². The number of hydrogen-bond acceptors (Lipinski definition) is 7. The number of hydrogen-bond donors (Lipinski definition) is 2. The number of aliphatic carboxylic acids is 1. The topological polar surface area (TPSA) is 111 Å². The van der Waals surface area contributed by atoms with E-state index in [9.17, 15) is 14.7 Å². The summed E-state index contributed by atoms with van der Waals surface area (Å²) in [6, 6.07) is 16.8. The molecule has 8 nitrogen and oxygen atoms in total. The first-order valence-electron chi connectivity index (χ1n) is 13.6. The molecule has 3 heterocycles. The molecule has 43 heavy (non-hydrogen) atoms. The van der Waals surface area contributed by atoms with Gasteiger partial charge in [-0.2, -0.15) is 0 Å². The lowest BCUT2D eigenvalue weighted by molar-refractivity contribution is -0.136. The minimum absolute atomic E-state index is 0.0304. The third kappa shape index (κ3) is 5.91. The van der Waals surface area contributed by atoms with Crippen LogP contribution in [0.5, 0.6) is 11.5 Å². The lowest BCUT2D eigenvalue weighted by Gasteiger charge is -2.24. The molecule has 0 unspecified atom stereocenters. The fraction of sp³-hybridized carbons (Fsp3) is 0.212. The highest BCUT2D eigenvalue weighted by Crippen LogP contribution is 2.45. The van der Waals surface area contributed by atoms with Crippen molar-refractivity contribution in [3.8, 4) is 44.5 Å². The van der Waals surface area contributed by atoms with Gasteiger partial charge in [-0.15, -0.1) is 11.3 Å². The van der Waals surface area contributed by atoms with E-state index >= 15 is 0 Å². The number of rotatable bonds is 6. The molecule has 1 aliphatic rings. The standard InChI is InChI=1S/C33H28ClN3O5S/c1-17-11-25-31(30(22(17)15-29(39)40)21-7-6-20(34)14-26(21)42-33(2,3)4)43-32(37-25)19-9-10-35-24(12-19)18-5-8-23-27(13-18)41-16-28(38)36-23/h5-14H,15-16H2,1-4H3,(H,36,38)(H,39,40). The Labute approximate surface area is 257 Å². The molecule has 2 aromatic heterocycles. The van der Waals surface area contributed by atoms with Crippen LogP contribution in [0.1, 0.15) is 31.9 Å². The summed E-state index contributed by atoms with van der Waals surface area (Å²) < 4.78 is 12.8. The summed E-state index contributed by atoms with van der Waals surface area (Å²) in [7, 11) is 0. The van der Waals surface area contributed by atoms with Crippen LogP contribution < -0.4 is 14.8 Å². The molecule has 3 aromatic carbocycles. The van der Waals surface area contributed by atoms with Crippen LogP contribution in [-0.2, 0) is 16.0 Å². The molecule has 0 spiro atoms. The van der Waals surface area contributed by atoms with Crippen LogP contribution >= 0.6 is 22.9 Å². The van der Waals surface area contributed by atoms with Gasteiger partial charge in [0.05, 0.1) is 28.0 Å². The first-order chi connectivity index (χ1) is 20.4. The van der Waals surface area contributed by atoms with E-state index in [1.807, 2.05) is 64.1 Å². The summed E-state index contributed by atoms with van der Waals surface area (Å²) in [6.07, 6.45) is 1.58. The molecule has 0 saturated heterocycles. The maximum absolute atomic E-state index is 12.0. The van der Waals surface area contributed by atoms with Crippen molar-refractivity contribution in [2.24, 2.45) is 0 Å². The second-order valence-electron chi connectivity index (χ2n) is 11.3. The van der Waals surface area contributed by atoms with Crippen molar-refractivity contribution < 1.29 is 24.2 Å². The average molecular weight is 614 g/mol. The zero-order valence-corrected chi connectivity index (χ0v) is 25.5. The number of nitrogens with one attached hydrogen (secondary N) is 1. The van der Waals surface area contributed by atoms with Crippen LogP contribution in [0.15, 0.2) is 60.8 Å². The van der Waals surface area contributed by atoms with E-state index in [2.05, 4.69) is 10.3 Å². The summed E-state index contributed by atoms with van der Waals surface area (Å²) in [6.45, 7) is 7.75. The smallest absolute Gasteiger partial charge is 0.307 e. The Balaban J connectivity index is 1.50. The molecule has 6 rings (SSSR count). The second-order valence-corrected chi connectivity index (χ2v) is 12.8. The van der Waals surface area contributed by atoms with E-state index in [4.69, 9.17) is 26.1 Å². The van der Waals surface area contributed by atoms with Gasteiger partial charge in [-0.05, 0) is 87.4 Å². The van der Waals surface area contributed by atoms with Gasteiger partial charge in [0.15, 0.2) is 6.61 Å². The van der Waals surface area contributed by atoms with E-state index < -0.39 is 11.6 Å². The van der Waals surface area contributed by atoms with Crippen molar-refractivity contribution in [2.45, 2.75) is 39.7 Å². The number of halogens is 1. The van der Waals surface area contributed by atoms with Gasteiger partial charge in [0.1, 0.15) is 22.1 Å². The van der Waals surface area contributed by atoms with E-state index in [-0.39, 0.29) is 18.9 Å². The van der Waals surface area contributed by atoms with Crippen LogP contribution in [-0.4, -0.2) is 39.2 Å². The van der Waals surface area contributed by atoms with E-state index in [0.717, 1.165) is 48.7 Å². The minimum atomic E-state index is -0.923. The molecule has 0 atom stereocenters. The number of nitrogens with zero attached hydrogens (tertiary/aromatic N) is 2. The maximum Gasteiger partial charge on any atom is 0.307 e. The monoisotopic (exact) mass is 613 g/mol. The first kappa shape index (κ1) is 28.6. The molecular formula is C33H28ClN3O5S. The van der Waals surface area contributed by atoms with Gasteiger partial charge in [0.2, 0.25) is 0 Å². The highest BCUT2D eigenvalue weighted by atomic mass is 35.5. The summed E-state index contributed by atoms with van der Waals surface area (Å²) in [4.78, 5) is 33.2. The van der Waals surface area contributed by atoms with Crippen molar-refractivity contribution >= 4 is 50.7 Å². The molecule has 0 radical (unpaired) electrons. The number of thiazole rings is 1. The van der Waals surface area contributed by atoms with Gasteiger partial charge in [-0.1, -0.05) is 17.7 Å². The number of amides is 1. The predicted octanol–water partition coefficient (Wildman–Crippen LogP) is 7.79. The van der Waals surface area contributed by atoms with Crippen LogP contribution in [0.25, 0.3) is 43.2 Å². The van der Waals surface area contributed by atoms with Crippen LogP contribution in [0.2, 0.25) is 5.02 Å². The number of fused-ring (bicyclic) bond motifs is 2. The molecular weight excluding hydrogens is 586 g/mol. The Morgan fingerprint density at radius 2 is 1.93 bits per heavy atom. The van der Waals surface area contributed by atoms with Gasteiger partial charge < -0.3 is 19.9 Å². The Hall–Kier alpha value is -4.47. The molecule has 0 bridgehead atoms. The number of anilines is 1. The minimum Gasteiger partial charge on any atom is -0.487 e. The number of ether oxygens (including phenoxy) is 2. The Morgan fingerprint density at radius 3 is 2.70 bits per heavy atom. The van der Waals surface area contributed by atoms with Gasteiger partial charge in [0, 0.05) is 33.5 Å². The fourth-order valence-corrected chi connectivity index (χ4v) is 6.38. The summed E-state index contributed by atoms with van der Waals surface area (Å²) in [5.74, 6) is 0.0539. The molecule has 2 N–H and O–H groups in total. The zero-order chi connectivity index (χ0) is 30.5. The van der Waals surface area contributed by atoms with Crippen molar-refractivity contribution in [3.63, 3.8) is 0 Å². The predicted molar refractivity (Wildman–Crippen MR) is 169 cm³/mol. The normalized spacial score (nSPS) is 12.9. The number of carbonyl (C=O) groups excluding carboxylic acids is 1. The van der Waals surface area contributed by atoms with Gasteiger partial charge in [-0.25, -0.2) is 4.98 Å². The lowest BCUT2D eigenvalue weighted by atomic mass is 9.92. The van der Waals surface area contributed by atoms with E-state index in [1.165, 1.54) is 11.3 Å². The Kier molecular flexibility index (Phi) is 7.31. The number of aryl methyl sites for hydroxylation is 1. The van der Waals surface area contributed by atoms with Gasteiger partial charge in [0.25, 0.3) is 5.91 Å². The number of pyridine rings is 1. The average Bonchev–Trinajstić information content (AvgIpc) is 3.36. The fourth-order valence-electron chi connectivity index (χ4n) is 5.10. The lowest BCUT2D eigenvalue weighted by Crippen LogP contribution is -2.25. The quantitative estimate of drug-likeness (QED) is 0.201. The van der Waals surface area contributed by atoms with E-state index in [0.29, 0.717) is 27.8 Å². The summed E-state index contributed by atoms with van der Waals surface area (Å²) in [5, 5.41) is 13.9. The molecule has 10 heteroatoms. The first-order valence-corrected chi connectivity index (χ1v) is 14.8. The summed E-state index contributed by atoms with van der Waals surface area (Å²) in [5.41, 5.74) is 6.37. The second kappa shape index (κ2) is 11.0. The number of carboxylic acid groups (broad SMARTS) is 1. The Morgan fingerprint density at radius 1 is 1.12 bits per heavy atom. The van der Waals surface area contributed by atoms with Gasteiger partial charge in [-0.3, -0.25) is 14.6 Å². The molecule has 0 saturated carbocycles. The van der Waals surface area contributed by atoms with Crippen LogP contribution in [0.4, 0.5) is 5.69 Å². The number of benzene rings is 3. The van der Waals surface area contributed by atoms with E-state index in [1.54, 1.807) is 24.4 Å². The van der Waals surface area contributed by atoms with Crippen LogP contribution in [0.3, 0.4) is 0 Å². The number of carbonyl (C=O) groups is 2. The number of carboxylic acids is 1. The van der Waals surface area contributed by atoms with Gasteiger partial charge >= 0.3 is 5.97 Å². The highest BCUT2D eigenvalue weighted by molar-refractivity contribution is 7.22. The highest BCUT2D eigenvalue weighted by Gasteiger charge is 2.24. The van der Waals surface area contributed by atoms with Crippen molar-refractivity contribution in [2.75, 3.05) is 11.9 Å². The molecule has 1 aliphatic heterocycles. The summed E-state index contributed by atoms with van der Waals surface area (Å²) >= 11 is 7.87. The number of aromatic nitrogens is 2. The SMILES string of the molecule is Cc1cc2nc(-c3ccnc(-c4ccc5c(c4)OCC(=O)N5)c3)sc2c(-c2ccc(Cl)cc2OC(C)(C)C)c1CC(=O)O. The van der Waals surface area contributed by atoms with Crippen molar-refractivity contribution in [3.05, 3.63) is 76.9 Å². The molecule has 0 aliphatic carbocycles. The van der Waals surface area contributed by atoms with Crippen molar-refractivity contribution in [1.82, 2.24) is 9.97 Å². The molecule has 5 aromatic rings. The third-order valence-electron chi connectivity index (χ3n) is 6.89. The zero-order valence-electron chi connectivity index (χ0n) is 23.9.